The Kier molecular flexibility index (Phi) is 2.86. The van der Waals surface area contributed by atoms with Crippen molar-refractivity contribution in [1.82, 2.24) is 4.98 Å². The van der Waals surface area contributed by atoms with E-state index in [-0.39, 0.29) is 18.9 Å². The monoisotopic (exact) mass is 233 g/mol. The Morgan fingerprint density at radius 3 is 2.94 bits per heavy atom. The third-order valence-electron chi connectivity index (χ3n) is 2.78. The summed E-state index contributed by atoms with van der Waals surface area (Å²) in [6.07, 6.45) is 3.65. The van der Waals surface area contributed by atoms with Crippen LogP contribution in [0.4, 0.5) is 5.69 Å². The molecule has 17 heavy (non-hydrogen) atoms. The van der Waals surface area contributed by atoms with Crippen LogP contribution in [0.25, 0.3) is 0 Å². The van der Waals surface area contributed by atoms with Gasteiger partial charge in [0, 0.05) is 24.7 Å². The molecule has 2 rings (SSSR count). The highest BCUT2D eigenvalue weighted by atomic mass is 16.2. The van der Waals surface area contributed by atoms with E-state index in [1.54, 1.807) is 0 Å². The van der Waals surface area contributed by atoms with Crippen LogP contribution < -0.4 is 10.6 Å². The second-order valence-corrected chi connectivity index (χ2v) is 3.86. The number of pyridine rings is 1. The largest absolute Gasteiger partial charge is 0.369 e. The lowest BCUT2D eigenvalue weighted by Gasteiger charge is -2.17. The highest BCUT2D eigenvalue weighted by Gasteiger charge is 2.34. The molecule has 0 spiro atoms. The van der Waals surface area contributed by atoms with Crippen LogP contribution in [0.15, 0.2) is 18.5 Å². The average molecular weight is 233 g/mol. The van der Waals surface area contributed by atoms with Gasteiger partial charge in [0.05, 0.1) is 17.8 Å². The van der Waals surface area contributed by atoms with Gasteiger partial charge in [0.15, 0.2) is 6.29 Å². The summed E-state index contributed by atoms with van der Waals surface area (Å²) in [5.41, 5.74) is 5.97. The molecule has 2 N–H and O–H groups in total. The Morgan fingerprint density at radius 2 is 2.35 bits per heavy atom. The van der Waals surface area contributed by atoms with Crippen LogP contribution in [0, 0.1) is 5.92 Å². The summed E-state index contributed by atoms with van der Waals surface area (Å²) in [5, 5.41) is 0. The van der Waals surface area contributed by atoms with Crippen LogP contribution in [-0.2, 0) is 9.59 Å². The second kappa shape index (κ2) is 4.32. The Hall–Kier alpha value is -2.24. The van der Waals surface area contributed by atoms with E-state index in [0.717, 1.165) is 0 Å². The predicted octanol–water partition coefficient (Wildman–Crippen LogP) is -0.268. The zero-order valence-electron chi connectivity index (χ0n) is 9.00. The molecule has 1 atom stereocenters. The number of rotatable bonds is 3. The lowest BCUT2D eigenvalue weighted by Crippen LogP contribution is -2.29. The maximum absolute atomic E-state index is 11.7. The standard InChI is InChI=1S/C11H11N3O3/c12-11(17)8-3-10(16)14(5-8)9-4-13-2-1-7(9)6-15/h1-2,4,6,8H,3,5H2,(H2,12,17). The molecule has 0 aromatic carbocycles. The lowest BCUT2D eigenvalue weighted by molar-refractivity contribution is -0.123. The molecule has 1 saturated heterocycles. The van der Waals surface area contributed by atoms with Crippen molar-refractivity contribution in [1.29, 1.82) is 0 Å². The van der Waals surface area contributed by atoms with E-state index < -0.39 is 11.8 Å². The summed E-state index contributed by atoms with van der Waals surface area (Å²) < 4.78 is 0. The van der Waals surface area contributed by atoms with Crippen molar-refractivity contribution in [3.8, 4) is 0 Å². The molecule has 1 aromatic rings. The first-order valence-electron chi connectivity index (χ1n) is 5.12. The summed E-state index contributed by atoms with van der Waals surface area (Å²) in [4.78, 5) is 38.9. The molecule has 6 nitrogen and oxygen atoms in total. The van der Waals surface area contributed by atoms with Gasteiger partial charge in [-0.05, 0) is 6.07 Å². The van der Waals surface area contributed by atoms with Crippen molar-refractivity contribution in [3.63, 3.8) is 0 Å². The fourth-order valence-electron chi connectivity index (χ4n) is 1.85. The molecule has 1 aliphatic heterocycles. The topological polar surface area (TPSA) is 93.4 Å². The van der Waals surface area contributed by atoms with Gasteiger partial charge in [-0.25, -0.2) is 0 Å². The first-order valence-corrected chi connectivity index (χ1v) is 5.12. The lowest BCUT2D eigenvalue weighted by atomic mass is 10.1. The average Bonchev–Trinajstić information content (AvgIpc) is 2.71. The SMILES string of the molecule is NC(=O)C1CC(=O)N(c2cnccc2C=O)C1. The fraction of sp³-hybridized carbons (Fsp3) is 0.273. The van der Waals surface area contributed by atoms with E-state index in [0.29, 0.717) is 17.5 Å². The third-order valence-corrected chi connectivity index (χ3v) is 2.78. The highest BCUT2D eigenvalue weighted by molar-refractivity contribution is 6.02. The number of carbonyl (C=O) groups excluding carboxylic acids is 3. The first-order chi connectivity index (χ1) is 8.13. The number of amides is 2. The summed E-state index contributed by atoms with van der Waals surface area (Å²) in [7, 11) is 0. The number of nitrogens with two attached hydrogens (primary N) is 1. The smallest absolute Gasteiger partial charge is 0.227 e. The van der Waals surface area contributed by atoms with E-state index in [1.165, 1.54) is 23.4 Å². The van der Waals surface area contributed by atoms with Crippen LogP contribution >= 0.6 is 0 Å². The van der Waals surface area contributed by atoms with Gasteiger partial charge in [-0.1, -0.05) is 0 Å². The van der Waals surface area contributed by atoms with Gasteiger partial charge in [-0.15, -0.1) is 0 Å². The van der Waals surface area contributed by atoms with Gasteiger partial charge in [0.25, 0.3) is 0 Å². The molecule has 2 amide bonds. The number of nitrogens with zero attached hydrogens (tertiary/aromatic N) is 2. The second-order valence-electron chi connectivity index (χ2n) is 3.86. The van der Waals surface area contributed by atoms with E-state index in [2.05, 4.69) is 4.98 Å². The number of hydrogen-bond acceptors (Lipinski definition) is 4. The van der Waals surface area contributed by atoms with Gasteiger partial charge in [-0.2, -0.15) is 0 Å². The van der Waals surface area contributed by atoms with Gasteiger partial charge >= 0.3 is 0 Å². The third kappa shape index (κ3) is 2.01. The first kappa shape index (κ1) is 11.3. The number of carbonyl (C=O) groups is 3. The Labute approximate surface area is 97.4 Å². The maximum Gasteiger partial charge on any atom is 0.227 e. The maximum atomic E-state index is 11.7. The zero-order chi connectivity index (χ0) is 12.4. The number of anilines is 1. The van der Waals surface area contributed by atoms with Crippen LogP contribution in [0.5, 0.6) is 0 Å². The van der Waals surface area contributed by atoms with Crippen LogP contribution in [0.3, 0.4) is 0 Å². The van der Waals surface area contributed by atoms with Crippen molar-refractivity contribution in [3.05, 3.63) is 24.0 Å². The molecule has 0 bridgehead atoms. The minimum atomic E-state index is -0.502. The van der Waals surface area contributed by atoms with E-state index in [9.17, 15) is 14.4 Å². The molecule has 6 heteroatoms. The van der Waals surface area contributed by atoms with Crippen molar-refractivity contribution >= 4 is 23.8 Å². The number of hydrogen-bond donors (Lipinski definition) is 1. The van der Waals surface area contributed by atoms with Crippen LogP contribution in [0.2, 0.25) is 0 Å². The number of primary amides is 1. The summed E-state index contributed by atoms with van der Waals surface area (Å²) in [6, 6.07) is 1.52. The predicted molar refractivity (Wildman–Crippen MR) is 59.3 cm³/mol. The van der Waals surface area contributed by atoms with Crippen molar-refractivity contribution in [2.75, 3.05) is 11.4 Å². The molecular weight excluding hydrogens is 222 g/mol. The van der Waals surface area contributed by atoms with Crippen molar-refractivity contribution in [2.45, 2.75) is 6.42 Å². The molecule has 2 heterocycles. The number of aromatic nitrogens is 1. The molecule has 0 radical (unpaired) electrons. The normalized spacial score (nSPS) is 19.4. The van der Waals surface area contributed by atoms with Crippen molar-refractivity contribution < 1.29 is 14.4 Å². The Morgan fingerprint density at radius 1 is 1.59 bits per heavy atom. The molecular formula is C11H11N3O3. The fourth-order valence-corrected chi connectivity index (χ4v) is 1.85. The number of aldehydes is 1. The summed E-state index contributed by atoms with van der Waals surface area (Å²) in [5.74, 6) is -1.22. The highest BCUT2D eigenvalue weighted by Crippen LogP contribution is 2.26. The van der Waals surface area contributed by atoms with Gasteiger partial charge < -0.3 is 10.6 Å². The minimum Gasteiger partial charge on any atom is -0.369 e. The van der Waals surface area contributed by atoms with Gasteiger partial charge in [0.1, 0.15) is 0 Å². The summed E-state index contributed by atoms with van der Waals surface area (Å²) in [6.45, 7) is 0.209. The van der Waals surface area contributed by atoms with Crippen LogP contribution in [-0.4, -0.2) is 29.6 Å². The van der Waals surface area contributed by atoms with E-state index in [1.807, 2.05) is 0 Å². The Bertz CT molecular complexity index is 487. The molecule has 1 aliphatic rings. The van der Waals surface area contributed by atoms with Crippen LogP contribution in [0.1, 0.15) is 16.8 Å². The molecule has 1 aromatic heterocycles. The van der Waals surface area contributed by atoms with Crippen molar-refractivity contribution in [2.24, 2.45) is 11.7 Å². The molecule has 0 aliphatic carbocycles. The molecule has 0 saturated carbocycles. The zero-order valence-corrected chi connectivity index (χ0v) is 9.00. The summed E-state index contributed by atoms with van der Waals surface area (Å²) >= 11 is 0. The quantitative estimate of drug-likeness (QED) is 0.727. The molecule has 1 unspecified atom stereocenters. The Balaban J connectivity index is 2.32. The van der Waals surface area contributed by atoms with Gasteiger partial charge in [-0.3, -0.25) is 19.4 Å². The molecule has 1 fully saturated rings. The van der Waals surface area contributed by atoms with E-state index in [4.69, 9.17) is 5.73 Å². The minimum absolute atomic E-state index is 0.0858. The van der Waals surface area contributed by atoms with E-state index >= 15 is 0 Å². The van der Waals surface area contributed by atoms with Gasteiger partial charge in [0.2, 0.25) is 11.8 Å². The molecule has 88 valence electrons.